The van der Waals surface area contributed by atoms with Gasteiger partial charge in [-0.25, -0.2) is 14.6 Å². The average Bonchev–Trinajstić information content (AvgIpc) is 3.20. The van der Waals surface area contributed by atoms with E-state index >= 15 is 0 Å². The Labute approximate surface area is 170 Å². The predicted octanol–water partition coefficient (Wildman–Crippen LogP) is 2.23. The van der Waals surface area contributed by atoms with E-state index in [9.17, 15) is 4.79 Å². The Morgan fingerprint density at radius 1 is 1.03 bits per heavy atom. The second-order valence-electron chi connectivity index (χ2n) is 7.11. The smallest absolute Gasteiger partial charge is 0.259 e. The zero-order valence-electron chi connectivity index (χ0n) is 16.7. The first-order chi connectivity index (χ1) is 14.2. The maximum absolute atomic E-state index is 12.8. The first-order valence-electron chi connectivity index (χ1n) is 9.85. The number of pyridine rings is 2. The van der Waals surface area contributed by atoms with Crippen LogP contribution in [0.2, 0.25) is 0 Å². The third kappa shape index (κ3) is 4.12. The van der Waals surface area contributed by atoms with Crippen molar-refractivity contribution in [1.82, 2.24) is 24.6 Å². The predicted molar refractivity (Wildman–Crippen MR) is 113 cm³/mol. The molecule has 1 aliphatic heterocycles. The summed E-state index contributed by atoms with van der Waals surface area (Å²) in [5.41, 5.74) is 2.03. The van der Waals surface area contributed by atoms with E-state index in [1.165, 1.54) is 0 Å². The van der Waals surface area contributed by atoms with Gasteiger partial charge in [0.05, 0.1) is 29.3 Å². The van der Waals surface area contributed by atoms with Crippen LogP contribution in [0.25, 0.3) is 5.82 Å². The molecule has 4 rings (SSSR count). The molecule has 29 heavy (non-hydrogen) atoms. The van der Waals surface area contributed by atoms with Crippen molar-refractivity contribution in [3.8, 4) is 5.82 Å². The standard InChI is InChI=1S/C21H25N7O/c1-3-18-17(15-24-28(18)20-6-4-5-9-22-20)21(29)25-16-7-8-19(23-14-16)27-12-10-26(2)11-13-27/h4-9,14-15H,3,10-13H2,1-2H3,(H,25,29). The summed E-state index contributed by atoms with van der Waals surface area (Å²) in [5.74, 6) is 1.44. The Morgan fingerprint density at radius 3 is 2.52 bits per heavy atom. The van der Waals surface area contributed by atoms with E-state index in [4.69, 9.17) is 0 Å². The number of amides is 1. The van der Waals surface area contributed by atoms with Crippen molar-refractivity contribution < 1.29 is 4.79 Å². The first-order valence-corrected chi connectivity index (χ1v) is 9.85. The minimum absolute atomic E-state index is 0.196. The summed E-state index contributed by atoms with van der Waals surface area (Å²) < 4.78 is 1.71. The minimum atomic E-state index is -0.196. The van der Waals surface area contributed by atoms with Gasteiger partial charge in [0, 0.05) is 32.4 Å². The summed E-state index contributed by atoms with van der Waals surface area (Å²) in [7, 11) is 2.13. The lowest BCUT2D eigenvalue weighted by atomic mass is 10.2. The van der Waals surface area contributed by atoms with Crippen molar-refractivity contribution in [1.29, 1.82) is 0 Å². The number of hydrogen-bond donors (Lipinski definition) is 1. The fraction of sp³-hybridized carbons (Fsp3) is 0.333. The summed E-state index contributed by atoms with van der Waals surface area (Å²) in [6.45, 7) is 5.98. The molecule has 1 saturated heterocycles. The molecule has 1 N–H and O–H groups in total. The highest BCUT2D eigenvalue weighted by Crippen LogP contribution is 2.19. The summed E-state index contributed by atoms with van der Waals surface area (Å²) >= 11 is 0. The first kappa shape index (κ1) is 19.1. The topological polar surface area (TPSA) is 79.2 Å². The monoisotopic (exact) mass is 391 g/mol. The van der Waals surface area contributed by atoms with E-state index in [0.717, 1.165) is 37.7 Å². The molecule has 1 amide bonds. The third-order valence-corrected chi connectivity index (χ3v) is 5.15. The molecule has 0 atom stereocenters. The van der Waals surface area contributed by atoms with Gasteiger partial charge in [-0.3, -0.25) is 4.79 Å². The number of piperazine rings is 1. The highest BCUT2D eigenvalue weighted by atomic mass is 16.1. The molecule has 0 radical (unpaired) electrons. The van der Waals surface area contributed by atoms with Gasteiger partial charge in [-0.05, 0) is 37.7 Å². The number of aromatic nitrogens is 4. The lowest BCUT2D eigenvalue weighted by molar-refractivity contribution is 0.102. The van der Waals surface area contributed by atoms with Crippen LogP contribution < -0.4 is 10.2 Å². The molecule has 0 aromatic carbocycles. The minimum Gasteiger partial charge on any atom is -0.354 e. The number of rotatable bonds is 5. The number of hydrogen-bond acceptors (Lipinski definition) is 6. The van der Waals surface area contributed by atoms with Gasteiger partial charge in [-0.1, -0.05) is 13.0 Å². The highest BCUT2D eigenvalue weighted by Gasteiger charge is 2.19. The number of carbonyl (C=O) groups is 1. The van der Waals surface area contributed by atoms with E-state index in [1.807, 2.05) is 37.3 Å². The second kappa shape index (κ2) is 8.40. The fourth-order valence-electron chi connectivity index (χ4n) is 3.46. The molecule has 3 aromatic heterocycles. The van der Waals surface area contributed by atoms with Gasteiger partial charge < -0.3 is 15.1 Å². The van der Waals surface area contributed by atoms with Crippen LogP contribution >= 0.6 is 0 Å². The maximum atomic E-state index is 12.8. The van der Waals surface area contributed by atoms with Gasteiger partial charge >= 0.3 is 0 Å². The SMILES string of the molecule is CCc1c(C(=O)Nc2ccc(N3CCN(C)CC3)nc2)cnn1-c1ccccn1. The Kier molecular flexibility index (Phi) is 5.53. The van der Waals surface area contributed by atoms with E-state index in [2.05, 4.69) is 37.2 Å². The maximum Gasteiger partial charge on any atom is 0.259 e. The lowest BCUT2D eigenvalue weighted by Crippen LogP contribution is -2.44. The van der Waals surface area contributed by atoms with E-state index in [-0.39, 0.29) is 5.91 Å². The molecular weight excluding hydrogens is 366 g/mol. The molecule has 0 saturated carbocycles. The molecule has 4 heterocycles. The van der Waals surface area contributed by atoms with Crippen LogP contribution in [0.5, 0.6) is 0 Å². The highest BCUT2D eigenvalue weighted by molar-refractivity contribution is 6.05. The zero-order chi connectivity index (χ0) is 20.2. The normalized spacial score (nSPS) is 14.8. The Hall–Kier alpha value is -3.26. The van der Waals surface area contributed by atoms with Crippen molar-refractivity contribution in [3.63, 3.8) is 0 Å². The van der Waals surface area contributed by atoms with Crippen molar-refractivity contribution in [2.45, 2.75) is 13.3 Å². The number of likely N-dealkylation sites (N-methyl/N-ethyl adjacent to an activating group) is 1. The van der Waals surface area contributed by atoms with Crippen LogP contribution in [-0.2, 0) is 6.42 Å². The summed E-state index contributed by atoms with van der Waals surface area (Å²) in [4.78, 5) is 26.3. The molecule has 0 unspecified atom stereocenters. The molecule has 0 spiro atoms. The van der Waals surface area contributed by atoms with Crippen molar-refractivity contribution in [3.05, 3.63) is 60.2 Å². The Morgan fingerprint density at radius 2 is 1.86 bits per heavy atom. The summed E-state index contributed by atoms with van der Waals surface area (Å²) in [5, 5.41) is 7.30. The Bertz CT molecular complexity index is 960. The average molecular weight is 391 g/mol. The zero-order valence-corrected chi connectivity index (χ0v) is 16.7. The van der Waals surface area contributed by atoms with Gasteiger partial charge in [-0.2, -0.15) is 5.10 Å². The lowest BCUT2D eigenvalue weighted by Gasteiger charge is -2.33. The molecule has 8 heteroatoms. The number of nitrogens with one attached hydrogen (secondary N) is 1. The van der Waals surface area contributed by atoms with Gasteiger partial charge in [0.1, 0.15) is 5.82 Å². The van der Waals surface area contributed by atoms with Gasteiger partial charge in [0.15, 0.2) is 5.82 Å². The molecule has 0 aliphatic carbocycles. The molecule has 8 nitrogen and oxygen atoms in total. The largest absolute Gasteiger partial charge is 0.354 e. The number of nitrogens with zero attached hydrogens (tertiary/aromatic N) is 6. The summed E-state index contributed by atoms with van der Waals surface area (Å²) in [6.07, 6.45) is 5.68. The summed E-state index contributed by atoms with van der Waals surface area (Å²) in [6, 6.07) is 9.48. The number of carbonyl (C=O) groups excluding carboxylic acids is 1. The quantitative estimate of drug-likeness (QED) is 0.719. The molecular formula is C21H25N7O. The van der Waals surface area contributed by atoms with Gasteiger partial charge in [0.25, 0.3) is 5.91 Å². The van der Waals surface area contributed by atoms with Crippen molar-refractivity contribution >= 4 is 17.4 Å². The second-order valence-corrected chi connectivity index (χ2v) is 7.11. The van der Waals surface area contributed by atoms with Crippen LogP contribution in [0.4, 0.5) is 11.5 Å². The van der Waals surface area contributed by atoms with E-state index < -0.39 is 0 Å². The van der Waals surface area contributed by atoms with Crippen LogP contribution in [0.15, 0.2) is 48.9 Å². The number of anilines is 2. The van der Waals surface area contributed by atoms with Crippen LogP contribution in [0, 0.1) is 0 Å². The van der Waals surface area contributed by atoms with Crippen LogP contribution in [-0.4, -0.2) is 63.8 Å². The molecule has 1 fully saturated rings. The van der Waals surface area contributed by atoms with Crippen molar-refractivity contribution in [2.24, 2.45) is 0 Å². The van der Waals surface area contributed by atoms with Gasteiger partial charge in [0.2, 0.25) is 0 Å². The molecule has 1 aliphatic rings. The Balaban J connectivity index is 1.48. The van der Waals surface area contributed by atoms with Crippen LogP contribution in [0.3, 0.4) is 0 Å². The fourth-order valence-corrected chi connectivity index (χ4v) is 3.46. The van der Waals surface area contributed by atoms with E-state index in [1.54, 1.807) is 23.3 Å². The van der Waals surface area contributed by atoms with E-state index in [0.29, 0.717) is 23.5 Å². The van der Waals surface area contributed by atoms with Gasteiger partial charge in [-0.15, -0.1) is 0 Å². The van der Waals surface area contributed by atoms with Crippen LogP contribution in [0.1, 0.15) is 23.0 Å². The molecule has 3 aromatic rings. The molecule has 150 valence electrons. The van der Waals surface area contributed by atoms with Crippen molar-refractivity contribution in [2.75, 3.05) is 43.4 Å². The molecule has 0 bridgehead atoms. The third-order valence-electron chi connectivity index (χ3n) is 5.15.